The number of rotatable bonds is 5. The Morgan fingerprint density at radius 1 is 0.871 bits per heavy atom. The van der Waals surface area contributed by atoms with Crippen molar-refractivity contribution < 1.29 is 0 Å². The van der Waals surface area contributed by atoms with Gasteiger partial charge in [-0.1, -0.05) is 32.4 Å². The summed E-state index contributed by atoms with van der Waals surface area (Å²) in [6.07, 6.45) is 9.90. The number of nitrogen functional groups attached to an aromatic ring is 1. The first kappa shape index (κ1) is 20.0. The first-order valence-electron chi connectivity index (χ1n) is 11.6. The number of aromatic nitrogens is 3. The van der Waals surface area contributed by atoms with Gasteiger partial charge in [-0.05, 0) is 73.2 Å². The summed E-state index contributed by atoms with van der Waals surface area (Å²) in [4.78, 5) is 14.9. The van der Waals surface area contributed by atoms with Crippen LogP contribution in [0.1, 0.15) is 49.8 Å². The molecule has 0 radical (unpaired) electrons. The van der Waals surface area contributed by atoms with E-state index in [4.69, 9.17) is 10.7 Å². The van der Waals surface area contributed by atoms with E-state index in [2.05, 4.69) is 46.9 Å². The second-order valence-corrected chi connectivity index (χ2v) is 8.72. The highest BCUT2D eigenvalue weighted by Crippen LogP contribution is 2.32. The topological polar surface area (TPSA) is 70.8 Å². The number of hydrogen-bond donors (Lipinski definition) is 2. The van der Waals surface area contributed by atoms with Gasteiger partial charge in [0.2, 0.25) is 0 Å². The number of pyridine rings is 2. The van der Waals surface area contributed by atoms with Crippen molar-refractivity contribution in [3.05, 3.63) is 53.3 Å². The molecule has 1 fully saturated rings. The SMILES string of the molecule is CCc1cc(-c2cnc3[nH]c4cnc(N)cc4c3c2)cc(CC)c1CN1CCCCC1. The average Bonchev–Trinajstić information content (AvgIpc) is 3.17. The molecule has 160 valence electrons. The number of nitrogens with one attached hydrogen (secondary N) is 1. The third-order valence-corrected chi connectivity index (χ3v) is 6.72. The molecule has 3 N–H and O–H groups in total. The van der Waals surface area contributed by atoms with Gasteiger partial charge in [-0.3, -0.25) is 4.90 Å². The molecule has 0 aliphatic carbocycles. The molecule has 5 rings (SSSR count). The molecular weight excluding hydrogens is 382 g/mol. The number of aromatic amines is 1. The molecule has 1 aromatic carbocycles. The van der Waals surface area contributed by atoms with E-state index < -0.39 is 0 Å². The normalized spacial score (nSPS) is 15.2. The Morgan fingerprint density at radius 2 is 1.61 bits per heavy atom. The molecule has 1 aliphatic heterocycles. The lowest BCUT2D eigenvalue weighted by Crippen LogP contribution is -2.30. The molecule has 0 atom stereocenters. The Bertz CT molecular complexity index is 1210. The van der Waals surface area contributed by atoms with Crippen LogP contribution >= 0.6 is 0 Å². The number of aryl methyl sites for hydroxylation is 2. The molecular formula is C26H31N5. The van der Waals surface area contributed by atoms with Crippen molar-refractivity contribution >= 4 is 27.8 Å². The number of piperidine rings is 1. The zero-order chi connectivity index (χ0) is 21.4. The van der Waals surface area contributed by atoms with Gasteiger partial charge in [-0.25, -0.2) is 9.97 Å². The fraction of sp³-hybridized carbons (Fsp3) is 0.385. The molecule has 4 aromatic rings. The van der Waals surface area contributed by atoms with Crippen LogP contribution in [0.5, 0.6) is 0 Å². The van der Waals surface area contributed by atoms with Gasteiger partial charge in [0.05, 0.1) is 11.7 Å². The highest BCUT2D eigenvalue weighted by atomic mass is 15.1. The van der Waals surface area contributed by atoms with Crippen molar-refractivity contribution in [3.63, 3.8) is 0 Å². The molecule has 0 bridgehead atoms. The van der Waals surface area contributed by atoms with E-state index in [0.29, 0.717) is 5.82 Å². The van der Waals surface area contributed by atoms with Crippen LogP contribution in [0.4, 0.5) is 5.82 Å². The summed E-state index contributed by atoms with van der Waals surface area (Å²) in [7, 11) is 0. The zero-order valence-corrected chi connectivity index (χ0v) is 18.5. The van der Waals surface area contributed by atoms with Gasteiger partial charge >= 0.3 is 0 Å². The van der Waals surface area contributed by atoms with Crippen molar-refractivity contribution in [1.82, 2.24) is 19.9 Å². The maximum atomic E-state index is 5.94. The number of nitrogens with zero attached hydrogens (tertiary/aromatic N) is 3. The van der Waals surface area contributed by atoms with E-state index in [1.54, 1.807) is 6.20 Å². The second kappa shape index (κ2) is 8.31. The number of anilines is 1. The number of likely N-dealkylation sites (tertiary alicyclic amines) is 1. The zero-order valence-electron chi connectivity index (χ0n) is 18.5. The fourth-order valence-corrected chi connectivity index (χ4v) is 4.99. The lowest BCUT2D eigenvalue weighted by Gasteiger charge is -2.28. The molecule has 1 aliphatic rings. The predicted molar refractivity (Wildman–Crippen MR) is 129 cm³/mol. The molecule has 31 heavy (non-hydrogen) atoms. The summed E-state index contributed by atoms with van der Waals surface area (Å²) in [5.41, 5.74) is 14.7. The minimum Gasteiger partial charge on any atom is -0.384 e. The van der Waals surface area contributed by atoms with Crippen molar-refractivity contribution in [2.24, 2.45) is 0 Å². The molecule has 5 heteroatoms. The summed E-state index contributed by atoms with van der Waals surface area (Å²) in [6, 6.07) is 8.92. The highest BCUT2D eigenvalue weighted by Gasteiger charge is 2.17. The lowest BCUT2D eigenvalue weighted by molar-refractivity contribution is 0.220. The van der Waals surface area contributed by atoms with Crippen LogP contribution in [-0.4, -0.2) is 32.9 Å². The van der Waals surface area contributed by atoms with Crippen LogP contribution in [0.25, 0.3) is 33.1 Å². The van der Waals surface area contributed by atoms with Gasteiger partial charge < -0.3 is 10.7 Å². The number of fused-ring (bicyclic) bond motifs is 3. The molecule has 3 aromatic heterocycles. The van der Waals surface area contributed by atoms with Crippen molar-refractivity contribution in [1.29, 1.82) is 0 Å². The maximum Gasteiger partial charge on any atom is 0.138 e. The molecule has 0 amide bonds. The predicted octanol–water partition coefficient (Wildman–Crippen LogP) is 5.47. The smallest absolute Gasteiger partial charge is 0.138 e. The van der Waals surface area contributed by atoms with Crippen molar-refractivity contribution in [2.75, 3.05) is 18.8 Å². The standard InChI is InChI=1S/C26H31N5/c1-3-17-10-19(11-18(4-2)23(17)16-31-8-6-5-7-9-31)20-12-22-21-13-25(27)28-15-24(21)30-26(22)29-14-20/h10-15H,3-9,16H2,1-2H3,(H2,27,28)(H,29,30). The summed E-state index contributed by atoms with van der Waals surface area (Å²) in [6.45, 7) is 8.09. The number of nitrogens with two attached hydrogens (primary N) is 1. The van der Waals surface area contributed by atoms with Crippen LogP contribution in [0.15, 0.2) is 36.7 Å². The first-order valence-corrected chi connectivity index (χ1v) is 11.6. The van der Waals surface area contributed by atoms with Gasteiger partial charge in [-0.15, -0.1) is 0 Å². The maximum absolute atomic E-state index is 5.94. The van der Waals surface area contributed by atoms with E-state index >= 15 is 0 Å². The van der Waals surface area contributed by atoms with Crippen LogP contribution < -0.4 is 5.73 Å². The van der Waals surface area contributed by atoms with E-state index in [1.807, 2.05) is 12.3 Å². The Labute approximate surface area is 183 Å². The van der Waals surface area contributed by atoms with Gasteiger partial charge in [0, 0.05) is 29.1 Å². The van der Waals surface area contributed by atoms with Gasteiger partial charge in [-0.2, -0.15) is 0 Å². The molecule has 0 unspecified atom stereocenters. The van der Waals surface area contributed by atoms with E-state index in [9.17, 15) is 0 Å². The summed E-state index contributed by atoms with van der Waals surface area (Å²) in [5.74, 6) is 0.530. The summed E-state index contributed by atoms with van der Waals surface area (Å²) in [5, 5.41) is 2.17. The molecule has 0 saturated carbocycles. The minimum atomic E-state index is 0.530. The van der Waals surface area contributed by atoms with E-state index in [1.165, 1.54) is 54.6 Å². The third kappa shape index (κ3) is 3.79. The van der Waals surface area contributed by atoms with Crippen LogP contribution in [0.3, 0.4) is 0 Å². The Balaban J connectivity index is 1.58. The van der Waals surface area contributed by atoms with E-state index in [0.717, 1.165) is 46.9 Å². The Kier molecular flexibility index (Phi) is 5.36. The van der Waals surface area contributed by atoms with Crippen molar-refractivity contribution in [2.45, 2.75) is 52.5 Å². The fourth-order valence-electron chi connectivity index (χ4n) is 4.99. The molecule has 5 nitrogen and oxygen atoms in total. The van der Waals surface area contributed by atoms with Gasteiger partial charge in [0.15, 0.2) is 0 Å². The second-order valence-electron chi connectivity index (χ2n) is 8.72. The number of hydrogen-bond acceptors (Lipinski definition) is 4. The minimum absolute atomic E-state index is 0.530. The Morgan fingerprint density at radius 3 is 2.32 bits per heavy atom. The largest absolute Gasteiger partial charge is 0.384 e. The highest BCUT2D eigenvalue weighted by molar-refractivity contribution is 6.07. The summed E-state index contributed by atoms with van der Waals surface area (Å²) < 4.78 is 0. The van der Waals surface area contributed by atoms with Crippen LogP contribution in [0, 0.1) is 0 Å². The molecule has 0 spiro atoms. The molecule has 1 saturated heterocycles. The Hall–Kier alpha value is -2.92. The monoisotopic (exact) mass is 413 g/mol. The molecule has 4 heterocycles. The number of H-pyrrole nitrogens is 1. The first-order chi connectivity index (χ1) is 15.2. The van der Waals surface area contributed by atoms with Crippen LogP contribution in [0.2, 0.25) is 0 Å². The quantitative estimate of drug-likeness (QED) is 0.455. The van der Waals surface area contributed by atoms with Crippen LogP contribution in [-0.2, 0) is 19.4 Å². The summed E-state index contributed by atoms with van der Waals surface area (Å²) >= 11 is 0. The lowest BCUT2D eigenvalue weighted by atomic mass is 9.91. The van der Waals surface area contributed by atoms with E-state index in [-0.39, 0.29) is 0 Å². The third-order valence-electron chi connectivity index (χ3n) is 6.72. The average molecular weight is 414 g/mol. The number of benzene rings is 1. The van der Waals surface area contributed by atoms with Crippen molar-refractivity contribution in [3.8, 4) is 11.1 Å². The van der Waals surface area contributed by atoms with Gasteiger partial charge in [0.1, 0.15) is 11.5 Å². The van der Waals surface area contributed by atoms with Gasteiger partial charge in [0.25, 0.3) is 0 Å².